The van der Waals surface area contributed by atoms with Crippen molar-refractivity contribution in [2.24, 2.45) is 5.92 Å². The second-order valence-corrected chi connectivity index (χ2v) is 5.90. The highest BCUT2D eigenvalue weighted by molar-refractivity contribution is 5.95. The van der Waals surface area contributed by atoms with Gasteiger partial charge in [0.05, 0.1) is 18.1 Å². The first-order valence-electron chi connectivity index (χ1n) is 7.81. The number of fused-ring (bicyclic) bond motifs is 2. The van der Waals surface area contributed by atoms with E-state index in [1.807, 2.05) is 35.2 Å². The van der Waals surface area contributed by atoms with Crippen LogP contribution in [0.25, 0.3) is 0 Å². The molecule has 0 aliphatic carbocycles. The number of hydrogen-bond acceptors (Lipinski definition) is 2. The molecular weight excluding hydrogens is 250 g/mol. The number of ether oxygens (including phenoxy) is 1. The molecule has 2 saturated heterocycles. The molecule has 2 fully saturated rings. The molecule has 0 aromatic heterocycles. The summed E-state index contributed by atoms with van der Waals surface area (Å²) in [6.07, 6.45) is 5.75. The first kappa shape index (κ1) is 13.6. The fraction of sp³-hybridized carbons (Fsp3) is 0.588. The van der Waals surface area contributed by atoms with E-state index in [9.17, 15) is 4.79 Å². The molecule has 3 atom stereocenters. The summed E-state index contributed by atoms with van der Waals surface area (Å²) in [5.41, 5.74) is 1.02. The van der Waals surface area contributed by atoms with Gasteiger partial charge in [0.2, 0.25) is 5.91 Å². The van der Waals surface area contributed by atoms with Crippen LogP contribution < -0.4 is 4.90 Å². The number of carbonyl (C=O) groups excluding carboxylic acids is 1. The average Bonchev–Trinajstić information content (AvgIpc) is 3.11. The summed E-state index contributed by atoms with van der Waals surface area (Å²) in [5.74, 6) is 0.336. The van der Waals surface area contributed by atoms with Gasteiger partial charge in [0, 0.05) is 12.2 Å². The van der Waals surface area contributed by atoms with Gasteiger partial charge in [-0.2, -0.15) is 0 Å². The van der Waals surface area contributed by atoms with Gasteiger partial charge in [-0.3, -0.25) is 4.79 Å². The van der Waals surface area contributed by atoms with Gasteiger partial charge in [0.15, 0.2) is 0 Å². The molecule has 3 nitrogen and oxygen atoms in total. The van der Waals surface area contributed by atoms with Gasteiger partial charge in [0.25, 0.3) is 0 Å². The van der Waals surface area contributed by atoms with E-state index in [4.69, 9.17) is 4.74 Å². The monoisotopic (exact) mass is 273 g/mol. The zero-order valence-electron chi connectivity index (χ0n) is 12.1. The summed E-state index contributed by atoms with van der Waals surface area (Å²) in [5, 5.41) is 0. The second kappa shape index (κ2) is 5.96. The minimum Gasteiger partial charge on any atom is -0.374 e. The summed E-state index contributed by atoms with van der Waals surface area (Å²) in [4.78, 5) is 14.9. The Labute approximate surface area is 120 Å². The lowest BCUT2D eigenvalue weighted by molar-refractivity contribution is -0.123. The molecule has 1 aromatic rings. The number of nitrogens with zero attached hydrogens (tertiary/aromatic N) is 1. The maximum absolute atomic E-state index is 12.9. The van der Waals surface area contributed by atoms with Crippen LogP contribution in [0.3, 0.4) is 0 Å². The van der Waals surface area contributed by atoms with Crippen LogP contribution >= 0.6 is 0 Å². The third-order valence-electron chi connectivity index (χ3n) is 4.49. The normalized spacial score (nSPS) is 27.8. The molecule has 2 aliphatic heterocycles. The average molecular weight is 273 g/mol. The Balaban J connectivity index is 1.76. The molecule has 20 heavy (non-hydrogen) atoms. The fourth-order valence-electron chi connectivity index (χ4n) is 3.39. The number of unbranched alkanes of at least 4 members (excludes halogenated alkanes) is 1. The van der Waals surface area contributed by atoms with E-state index in [1.165, 1.54) is 0 Å². The van der Waals surface area contributed by atoms with Crippen LogP contribution in [0.2, 0.25) is 0 Å². The molecule has 0 N–H and O–H groups in total. The number of para-hydroxylation sites is 1. The molecule has 108 valence electrons. The molecular formula is C17H23NO2. The molecule has 1 aromatic carbocycles. The van der Waals surface area contributed by atoms with Crippen molar-refractivity contribution in [3.63, 3.8) is 0 Å². The summed E-state index contributed by atoms with van der Waals surface area (Å²) in [7, 11) is 0. The van der Waals surface area contributed by atoms with Crippen LogP contribution in [0.15, 0.2) is 30.3 Å². The van der Waals surface area contributed by atoms with Crippen molar-refractivity contribution < 1.29 is 9.53 Å². The van der Waals surface area contributed by atoms with Gasteiger partial charge >= 0.3 is 0 Å². The van der Waals surface area contributed by atoms with Gasteiger partial charge in [-0.15, -0.1) is 0 Å². The summed E-state index contributed by atoms with van der Waals surface area (Å²) < 4.78 is 5.85. The molecule has 2 bridgehead atoms. The van der Waals surface area contributed by atoms with Crippen molar-refractivity contribution in [3.05, 3.63) is 30.3 Å². The van der Waals surface area contributed by atoms with E-state index in [0.29, 0.717) is 6.10 Å². The fourth-order valence-corrected chi connectivity index (χ4v) is 3.39. The predicted molar refractivity (Wildman–Crippen MR) is 79.7 cm³/mol. The largest absolute Gasteiger partial charge is 0.374 e. The van der Waals surface area contributed by atoms with E-state index in [2.05, 4.69) is 6.92 Å². The van der Waals surface area contributed by atoms with Crippen LogP contribution in [0.5, 0.6) is 0 Å². The third-order valence-corrected chi connectivity index (χ3v) is 4.49. The van der Waals surface area contributed by atoms with Gasteiger partial charge in [-0.1, -0.05) is 31.5 Å². The molecule has 0 saturated carbocycles. The maximum atomic E-state index is 12.9. The van der Waals surface area contributed by atoms with Crippen LogP contribution in [-0.4, -0.2) is 24.7 Å². The van der Waals surface area contributed by atoms with Crippen molar-refractivity contribution in [1.82, 2.24) is 0 Å². The van der Waals surface area contributed by atoms with Crippen molar-refractivity contribution in [1.29, 1.82) is 0 Å². The Bertz CT molecular complexity index is 459. The Hall–Kier alpha value is -1.35. The highest BCUT2D eigenvalue weighted by Crippen LogP contribution is 2.40. The molecule has 3 unspecified atom stereocenters. The lowest BCUT2D eigenvalue weighted by Gasteiger charge is -2.28. The molecule has 0 spiro atoms. The summed E-state index contributed by atoms with van der Waals surface area (Å²) in [6, 6.07) is 10.0. The summed E-state index contributed by atoms with van der Waals surface area (Å²) in [6.45, 7) is 2.97. The van der Waals surface area contributed by atoms with Crippen LogP contribution in [0, 0.1) is 5.92 Å². The summed E-state index contributed by atoms with van der Waals surface area (Å²) >= 11 is 0. The predicted octanol–water partition coefficient (Wildman–Crippen LogP) is 3.39. The van der Waals surface area contributed by atoms with Crippen molar-refractivity contribution in [3.8, 4) is 0 Å². The molecule has 1 amide bonds. The van der Waals surface area contributed by atoms with Crippen molar-refractivity contribution >= 4 is 11.6 Å². The van der Waals surface area contributed by atoms with Gasteiger partial charge < -0.3 is 9.64 Å². The third kappa shape index (κ3) is 2.59. The van der Waals surface area contributed by atoms with Gasteiger partial charge in [0.1, 0.15) is 0 Å². The lowest BCUT2D eigenvalue weighted by atomic mass is 9.88. The van der Waals surface area contributed by atoms with E-state index in [1.54, 1.807) is 0 Å². The molecule has 0 radical (unpaired) electrons. The minimum absolute atomic E-state index is 0.0748. The molecule has 2 aliphatic rings. The van der Waals surface area contributed by atoms with Crippen LogP contribution in [0.4, 0.5) is 5.69 Å². The van der Waals surface area contributed by atoms with Gasteiger partial charge in [-0.25, -0.2) is 0 Å². The number of carbonyl (C=O) groups is 1. The topological polar surface area (TPSA) is 29.5 Å². The number of hydrogen-bond donors (Lipinski definition) is 0. The number of benzene rings is 1. The van der Waals surface area contributed by atoms with E-state index in [0.717, 1.165) is 44.3 Å². The number of anilines is 1. The van der Waals surface area contributed by atoms with E-state index >= 15 is 0 Å². The van der Waals surface area contributed by atoms with Crippen LogP contribution in [0.1, 0.15) is 39.0 Å². The SMILES string of the molecule is CCCCN(C(=O)C1CC2CCC1O2)c1ccccc1. The van der Waals surface area contributed by atoms with E-state index < -0.39 is 0 Å². The van der Waals surface area contributed by atoms with Crippen molar-refractivity contribution in [2.45, 2.75) is 51.2 Å². The molecule has 3 heteroatoms. The zero-order chi connectivity index (χ0) is 13.9. The number of amides is 1. The Kier molecular flexibility index (Phi) is 4.06. The highest BCUT2D eigenvalue weighted by Gasteiger charge is 2.45. The Morgan fingerprint density at radius 2 is 2.10 bits per heavy atom. The first-order chi connectivity index (χ1) is 9.79. The maximum Gasteiger partial charge on any atom is 0.232 e. The van der Waals surface area contributed by atoms with Crippen LogP contribution in [-0.2, 0) is 9.53 Å². The number of rotatable bonds is 5. The molecule has 2 heterocycles. The first-order valence-corrected chi connectivity index (χ1v) is 7.81. The van der Waals surface area contributed by atoms with E-state index in [-0.39, 0.29) is 17.9 Å². The lowest BCUT2D eigenvalue weighted by Crippen LogP contribution is -2.40. The minimum atomic E-state index is 0.0748. The zero-order valence-corrected chi connectivity index (χ0v) is 12.1. The Morgan fingerprint density at radius 1 is 1.30 bits per heavy atom. The standard InChI is InChI=1S/C17H23NO2/c1-2-3-11-18(13-7-5-4-6-8-13)17(19)15-12-14-9-10-16(15)20-14/h4-8,14-16H,2-3,9-12H2,1H3. The smallest absolute Gasteiger partial charge is 0.232 e. The quantitative estimate of drug-likeness (QED) is 0.823. The highest BCUT2D eigenvalue weighted by atomic mass is 16.5. The van der Waals surface area contributed by atoms with Gasteiger partial charge in [-0.05, 0) is 37.8 Å². The Morgan fingerprint density at radius 3 is 2.70 bits per heavy atom. The van der Waals surface area contributed by atoms with Crippen molar-refractivity contribution in [2.75, 3.05) is 11.4 Å². The molecule has 3 rings (SSSR count). The second-order valence-electron chi connectivity index (χ2n) is 5.90.